The summed E-state index contributed by atoms with van der Waals surface area (Å²) in [7, 11) is 0. The zero-order valence-electron chi connectivity index (χ0n) is 31.0. The Morgan fingerprint density at radius 3 is 2.24 bits per heavy atom. The number of nitrogens with zero attached hydrogens (tertiary/aromatic N) is 2. The molecule has 2 saturated heterocycles. The number of ketones is 2. The summed E-state index contributed by atoms with van der Waals surface area (Å²) in [5.41, 5.74) is 10.1. The molecule has 286 valence electrons. The molecule has 50 heavy (non-hydrogen) atoms. The van der Waals surface area contributed by atoms with E-state index < -0.39 is 23.7 Å². The number of rotatable bonds is 25. The van der Waals surface area contributed by atoms with E-state index in [0.717, 1.165) is 77.0 Å². The van der Waals surface area contributed by atoms with Crippen molar-refractivity contribution in [2.75, 3.05) is 26.2 Å². The molecule has 1 aliphatic carbocycles. The van der Waals surface area contributed by atoms with Crippen LogP contribution in [-0.2, 0) is 24.0 Å². The average molecular weight is 705 g/mol. The molecule has 0 aromatic carbocycles. The van der Waals surface area contributed by atoms with Gasteiger partial charge in [0.1, 0.15) is 12.1 Å². The van der Waals surface area contributed by atoms with Crippen LogP contribution in [0.2, 0.25) is 0 Å². The van der Waals surface area contributed by atoms with E-state index in [1.54, 1.807) is 0 Å². The van der Waals surface area contributed by atoms with E-state index in [1.807, 2.05) is 11.8 Å². The minimum atomic E-state index is -0.889. The molecule has 0 aromatic rings. The Labute approximate surface area is 301 Å². The number of nitrogens with one attached hydrogen (secondary N) is 4. The number of hydrogen-bond acceptors (Lipinski definition) is 8. The van der Waals surface area contributed by atoms with Gasteiger partial charge in [0, 0.05) is 39.9 Å². The molecule has 2 aliphatic heterocycles. The minimum absolute atomic E-state index is 0. The molecule has 8 N–H and O–H groups in total. The van der Waals surface area contributed by atoms with Crippen molar-refractivity contribution in [1.82, 2.24) is 26.2 Å². The first-order valence-corrected chi connectivity index (χ1v) is 19.5. The van der Waals surface area contributed by atoms with Gasteiger partial charge in [-0.3, -0.25) is 33.9 Å². The number of Topliss-reactive ketones (excluding diaryl/α,β-unsaturated/α-hetero) is 2. The zero-order valence-corrected chi connectivity index (χ0v) is 31.0. The molecule has 0 radical (unpaired) electrons. The van der Waals surface area contributed by atoms with Crippen molar-refractivity contribution in [3.63, 3.8) is 0 Å². The quantitative estimate of drug-likeness (QED) is 0.0470. The molecule has 5 atom stereocenters. The topological polar surface area (TPSA) is 201 Å². The lowest BCUT2D eigenvalue weighted by Gasteiger charge is -2.44. The van der Waals surface area contributed by atoms with Crippen molar-refractivity contribution >= 4 is 35.2 Å². The molecule has 1 unspecified atom stereocenters. The first kappa shape index (κ1) is 41.4. The third-order valence-corrected chi connectivity index (χ3v) is 10.6. The highest BCUT2D eigenvalue weighted by atomic mass is 16.2. The number of carbonyl (C=O) groups is 5. The summed E-state index contributed by atoms with van der Waals surface area (Å²) in [6.45, 7) is 7.92. The number of piperazine rings is 2. The van der Waals surface area contributed by atoms with E-state index in [4.69, 9.17) is 11.5 Å². The van der Waals surface area contributed by atoms with Crippen LogP contribution in [0.3, 0.4) is 0 Å². The lowest BCUT2D eigenvalue weighted by Crippen LogP contribution is -2.69. The van der Waals surface area contributed by atoms with E-state index in [1.165, 1.54) is 6.42 Å². The van der Waals surface area contributed by atoms with Crippen LogP contribution >= 0.6 is 0 Å². The van der Waals surface area contributed by atoms with Crippen LogP contribution in [0.1, 0.15) is 138 Å². The fraction of sp³-hybridized carbons (Fsp3) is 0.838. The molecular formula is C37H68N8O5. The van der Waals surface area contributed by atoms with Crippen molar-refractivity contribution in [3.8, 4) is 0 Å². The molecule has 3 rings (SSSR count). The fourth-order valence-electron chi connectivity index (χ4n) is 7.33. The Hall–Kier alpha value is -3.06. The molecule has 3 aliphatic rings. The second-order valence-electron chi connectivity index (χ2n) is 14.8. The number of unbranched alkanes of at least 4 members (excludes halogenated alkanes) is 8. The molecular weight excluding hydrogens is 636 g/mol. The average Bonchev–Trinajstić information content (AvgIpc) is 3.90. The van der Waals surface area contributed by atoms with E-state index in [0.29, 0.717) is 51.7 Å². The molecule has 1 saturated carbocycles. The van der Waals surface area contributed by atoms with Crippen molar-refractivity contribution in [2.45, 2.75) is 166 Å². The van der Waals surface area contributed by atoms with Gasteiger partial charge in [0.15, 0.2) is 17.5 Å². The summed E-state index contributed by atoms with van der Waals surface area (Å²) < 4.78 is 0. The highest BCUT2D eigenvalue weighted by Crippen LogP contribution is 2.46. The van der Waals surface area contributed by atoms with Crippen LogP contribution in [0.25, 0.3) is 0 Å². The first-order chi connectivity index (χ1) is 24.0. The van der Waals surface area contributed by atoms with Gasteiger partial charge in [-0.2, -0.15) is 0 Å². The Balaban J connectivity index is 0.00000901. The predicted molar refractivity (Wildman–Crippen MR) is 198 cm³/mol. The van der Waals surface area contributed by atoms with Crippen LogP contribution in [0.4, 0.5) is 0 Å². The van der Waals surface area contributed by atoms with Gasteiger partial charge in [-0.15, -0.1) is 0 Å². The lowest BCUT2D eigenvalue weighted by atomic mass is 9.91. The molecule has 0 spiro atoms. The lowest BCUT2D eigenvalue weighted by molar-refractivity contribution is -0.144. The third kappa shape index (κ3) is 12.6. The molecule has 13 heteroatoms. The Kier molecular flexibility index (Phi) is 17.7. The van der Waals surface area contributed by atoms with Crippen molar-refractivity contribution in [2.24, 2.45) is 22.4 Å². The molecule has 13 nitrogen and oxygen atoms in total. The summed E-state index contributed by atoms with van der Waals surface area (Å²) >= 11 is 0. The van der Waals surface area contributed by atoms with Gasteiger partial charge in [0.2, 0.25) is 17.7 Å². The Bertz CT molecular complexity index is 1160. The van der Waals surface area contributed by atoms with E-state index in [9.17, 15) is 24.0 Å². The van der Waals surface area contributed by atoms with Gasteiger partial charge >= 0.3 is 0 Å². The highest BCUT2D eigenvalue weighted by Gasteiger charge is 2.60. The van der Waals surface area contributed by atoms with Gasteiger partial charge in [-0.05, 0) is 51.4 Å². The molecule has 2 heterocycles. The predicted octanol–water partition coefficient (Wildman–Crippen LogP) is 2.84. The van der Waals surface area contributed by atoms with E-state index >= 15 is 0 Å². The van der Waals surface area contributed by atoms with Gasteiger partial charge in [0.05, 0.1) is 17.6 Å². The Morgan fingerprint density at radius 1 is 0.900 bits per heavy atom. The number of carbonyl (C=O) groups excluding carboxylic acids is 5. The van der Waals surface area contributed by atoms with Gasteiger partial charge in [-0.1, -0.05) is 78.6 Å². The number of hydrogen-bond donors (Lipinski definition) is 6. The van der Waals surface area contributed by atoms with Crippen molar-refractivity contribution in [3.05, 3.63) is 0 Å². The molecule has 0 aromatic heterocycles. The van der Waals surface area contributed by atoms with Crippen LogP contribution in [0.5, 0.6) is 0 Å². The molecule has 3 amide bonds. The highest BCUT2D eigenvalue weighted by molar-refractivity contribution is 6.01. The smallest absolute Gasteiger partial charge is 0.238 e. The second kappa shape index (κ2) is 21.3. The largest absolute Gasteiger partial charge is 0.370 e. The molecule has 3 fully saturated rings. The van der Waals surface area contributed by atoms with Crippen molar-refractivity contribution < 1.29 is 25.4 Å². The van der Waals surface area contributed by atoms with Crippen LogP contribution < -0.4 is 32.7 Å². The first-order valence-electron chi connectivity index (χ1n) is 19.5. The van der Waals surface area contributed by atoms with E-state index in [-0.39, 0.29) is 55.2 Å². The maximum atomic E-state index is 14.1. The number of aliphatic imine (C=N–C) groups is 1. The van der Waals surface area contributed by atoms with E-state index in [2.05, 4.69) is 40.1 Å². The fourth-order valence-corrected chi connectivity index (χ4v) is 7.33. The second-order valence-corrected chi connectivity index (χ2v) is 14.8. The number of amides is 3. The normalized spacial score (nSPS) is 23.7. The van der Waals surface area contributed by atoms with Crippen LogP contribution in [0.15, 0.2) is 4.99 Å². The SMILES string of the molecule is CCCCCC(C)C(=O)NCCCCCCCCC(=O)[C@H]1CN(C2(C(=O)[C@H]3CN[C@@H](CCCC)C(=O)N3)CC2)[C@@H](CCCN=C(N)N)C(=O)N1.[HH]. The van der Waals surface area contributed by atoms with Gasteiger partial charge in [0.25, 0.3) is 0 Å². The van der Waals surface area contributed by atoms with Gasteiger partial charge < -0.3 is 32.7 Å². The summed E-state index contributed by atoms with van der Waals surface area (Å²) in [6, 6.07) is -2.27. The summed E-state index contributed by atoms with van der Waals surface area (Å²) in [5, 5.41) is 12.2. The Morgan fingerprint density at radius 2 is 1.58 bits per heavy atom. The monoisotopic (exact) mass is 705 g/mol. The van der Waals surface area contributed by atoms with Crippen LogP contribution in [0, 0.1) is 5.92 Å². The number of nitrogens with two attached hydrogens (primary N) is 2. The van der Waals surface area contributed by atoms with Crippen molar-refractivity contribution in [1.29, 1.82) is 0 Å². The summed E-state index contributed by atoms with van der Waals surface area (Å²) in [5.74, 6) is -0.332. The maximum Gasteiger partial charge on any atom is 0.238 e. The van der Waals surface area contributed by atoms with Crippen LogP contribution in [-0.4, -0.2) is 96.0 Å². The standard InChI is InChI=1S/C37H66N8O5.H2/c1-4-6-12-16-26(3)33(48)40-22-14-11-9-8-10-13-19-31(46)29-25-45(30(35(50)44-29)18-15-23-41-36(38)39)37(20-21-37)32(47)28-24-42-27(17-7-5-2)34(49)43-28;/h26-30,42H,4-25H2,1-3H3,(H,40,48)(H,43,49)(H,44,50)(H4,38,39,41);1H/t26?,27-,28+,29+,30-;/m0./s1. The molecule has 0 bridgehead atoms. The summed E-state index contributed by atoms with van der Waals surface area (Å²) in [6.07, 6.45) is 15.2. The zero-order chi connectivity index (χ0) is 36.5. The third-order valence-electron chi connectivity index (χ3n) is 10.6. The maximum absolute atomic E-state index is 14.1. The summed E-state index contributed by atoms with van der Waals surface area (Å²) in [4.78, 5) is 72.1. The minimum Gasteiger partial charge on any atom is -0.370 e. The number of guanidine groups is 1. The van der Waals surface area contributed by atoms with Gasteiger partial charge in [-0.25, -0.2) is 0 Å².